The van der Waals surface area contributed by atoms with Crippen molar-refractivity contribution in [2.24, 2.45) is 4.99 Å². The molecule has 150 valence electrons. The molecular weight excluding hydrogens is 420 g/mol. The van der Waals surface area contributed by atoms with Crippen LogP contribution in [0.3, 0.4) is 0 Å². The predicted octanol–water partition coefficient (Wildman–Crippen LogP) is 3.85. The number of halogens is 1. The monoisotopic (exact) mass is 446 g/mol. The van der Waals surface area contributed by atoms with Crippen LogP contribution in [-0.4, -0.2) is 32.1 Å². The molecule has 0 aromatic heterocycles. The van der Waals surface area contributed by atoms with Gasteiger partial charge in [-0.05, 0) is 49.2 Å². The second kappa shape index (κ2) is 11.3. The van der Waals surface area contributed by atoms with Crippen LogP contribution >= 0.6 is 15.9 Å². The first-order chi connectivity index (χ1) is 13.5. The second-order valence-corrected chi connectivity index (χ2v) is 7.15. The van der Waals surface area contributed by atoms with E-state index in [4.69, 9.17) is 4.74 Å². The molecule has 0 spiro atoms. The Morgan fingerprint density at radius 1 is 1.18 bits per heavy atom. The van der Waals surface area contributed by atoms with Gasteiger partial charge in [0.25, 0.3) is 0 Å². The number of carbonyl (C=O) groups is 1. The number of ether oxygens (including phenoxy) is 1. The van der Waals surface area contributed by atoms with Gasteiger partial charge < -0.3 is 20.7 Å². The number of methoxy groups -OCH3 is 1. The van der Waals surface area contributed by atoms with E-state index in [1.807, 2.05) is 56.3 Å². The number of aryl methyl sites for hydroxylation is 1. The minimum atomic E-state index is -0.0441. The van der Waals surface area contributed by atoms with E-state index in [-0.39, 0.29) is 5.91 Å². The zero-order valence-corrected chi connectivity index (χ0v) is 18.1. The molecule has 2 aromatic rings. The molecule has 0 aliphatic heterocycles. The first kappa shape index (κ1) is 21.8. The molecule has 0 aliphatic carbocycles. The topological polar surface area (TPSA) is 74.8 Å². The minimum Gasteiger partial charge on any atom is -0.497 e. The van der Waals surface area contributed by atoms with Crippen LogP contribution in [-0.2, 0) is 11.3 Å². The van der Waals surface area contributed by atoms with Crippen LogP contribution in [0.25, 0.3) is 0 Å². The molecule has 0 unspecified atom stereocenters. The Balaban J connectivity index is 1.86. The maximum absolute atomic E-state index is 12.2. The van der Waals surface area contributed by atoms with E-state index < -0.39 is 0 Å². The molecule has 0 saturated carbocycles. The van der Waals surface area contributed by atoms with Crippen LogP contribution < -0.4 is 20.7 Å². The third-order valence-corrected chi connectivity index (χ3v) is 4.51. The molecule has 0 radical (unpaired) electrons. The van der Waals surface area contributed by atoms with Crippen LogP contribution in [0, 0.1) is 6.92 Å². The van der Waals surface area contributed by atoms with E-state index in [0.717, 1.165) is 33.6 Å². The van der Waals surface area contributed by atoms with Crippen LogP contribution in [0.15, 0.2) is 51.9 Å². The lowest BCUT2D eigenvalue weighted by Crippen LogP contribution is -2.38. The summed E-state index contributed by atoms with van der Waals surface area (Å²) in [7, 11) is 1.65. The van der Waals surface area contributed by atoms with Crippen molar-refractivity contribution in [1.29, 1.82) is 0 Å². The summed E-state index contributed by atoms with van der Waals surface area (Å²) in [6.45, 7) is 5.73. The largest absolute Gasteiger partial charge is 0.497 e. The molecule has 0 saturated heterocycles. The minimum absolute atomic E-state index is 0.0441. The van der Waals surface area contributed by atoms with E-state index in [0.29, 0.717) is 25.5 Å². The fourth-order valence-corrected chi connectivity index (χ4v) is 2.88. The van der Waals surface area contributed by atoms with E-state index in [1.165, 1.54) is 0 Å². The number of hydrogen-bond donors (Lipinski definition) is 3. The molecule has 28 heavy (non-hydrogen) atoms. The molecule has 3 N–H and O–H groups in total. The molecule has 1 amide bonds. The van der Waals surface area contributed by atoms with Crippen molar-refractivity contribution in [2.75, 3.05) is 25.5 Å². The average molecular weight is 447 g/mol. The molecule has 7 heteroatoms. The number of nitrogens with one attached hydrogen (secondary N) is 3. The van der Waals surface area contributed by atoms with Crippen LogP contribution in [0.5, 0.6) is 5.75 Å². The number of anilines is 1. The summed E-state index contributed by atoms with van der Waals surface area (Å²) in [5.41, 5.74) is 2.90. The number of nitrogens with zero attached hydrogens (tertiary/aromatic N) is 1. The summed E-state index contributed by atoms with van der Waals surface area (Å²) in [4.78, 5) is 16.8. The highest BCUT2D eigenvalue weighted by Gasteiger charge is 2.06. The molecule has 2 rings (SSSR count). The number of aliphatic imine (C=N–C) groups is 1. The smallest absolute Gasteiger partial charge is 0.226 e. The molecule has 0 bridgehead atoms. The molecule has 0 atom stereocenters. The Labute approximate surface area is 174 Å². The maximum Gasteiger partial charge on any atom is 0.226 e. The lowest BCUT2D eigenvalue weighted by molar-refractivity contribution is -0.116. The normalized spacial score (nSPS) is 11.1. The van der Waals surface area contributed by atoms with Crippen LogP contribution in [0.1, 0.15) is 24.5 Å². The first-order valence-electron chi connectivity index (χ1n) is 9.23. The molecular formula is C21H27BrN4O2. The van der Waals surface area contributed by atoms with Crippen molar-refractivity contribution in [3.05, 3.63) is 58.1 Å². The molecule has 0 heterocycles. The maximum atomic E-state index is 12.2. The van der Waals surface area contributed by atoms with Crippen molar-refractivity contribution in [2.45, 2.75) is 26.8 Å². The van der Waals surface area contributed by atoms with Gasteiger partial charge in [0, 0.05) is 29.7 Å². The highest BCUT2D eigenvalue weighted by molar-refractivity contribution is 9.10. The van der Waals surface area contributed by atoms with Crippen molar-refractivity contribution < 1.29 is 9.53 Å². The Morgan fingerprint density at radius 3 is 2.75 bits per heavy atom. The SMILES string of the molecule is CCNC(=NCc1cccc(OC)c1)NCCC(=O)Nc1cc(Br)ccc1C. The van der Waals surface area contributed by atoms with E-state index in [2.05, 4.69) is 36.9 Å². The number of amides is 1. The number of rotatable bonds is 8. The third-order valence-electron chi connectivity index (χ3n) is 4.02. The van der Waals surface area contributed by atoms with Crippen molar-refractivity contribution in [3.63, 3.8) is 0 Å². The lowest BCUT2D eigenvalue weighted by Gasteiger charge is -2.12. The first-order valence-corrected chi connectivity index (χ1v) is 10.0. The van der Waals surface area contributed by atoms with Crippen LogP contribution in [0.2, 0.25) is 0 Å². The standard InChI is InChI=1S/C21H27BrN4O2/c1-4-23-21(25-14-16-6-5-7-18(12-16)28-3)24-11-10-20(27)26-19-13-17(22)9-8-15(19)2/h5-9,12-13H,4,10-11,14H2,1-3H3,(H,26,27)(H2,23,24,25). The summed E-state index contributed by atoms with van der Waals surface area (Å²) >= 11 is 3.43. The van der Waals surface area contributed by atoms with E-state index in [1.54, 1.807) is 7.11 Å². The fraction of sp³-hybridized carbons (Fsp3) is 0.333. The molecule has 0 aliphatic rings. The van der Waals surface area contributed by atoms with Crippen LogP contribution in [0.4, 0.5) is 5.69 Å². The number of benzene rings is 2. The van der Waals surface area contributed by atoms with Gasteiger partial charge in [-0.1, -0.05) is 34.1 Å². The van der Waals surface area contributed by atoms with Gasteiger partial charge in [-0.2, -0.15) is 0 Å². The van der Waals surface area contributed by atoms with Gasteiger partial charge in [-0.15, -0.1) is 0 Å². The Bertz CT molecular complexity index is 824. The fourth-order valence-electron chi connectivity index (χ4n) is 2.52. The van der Waals surface area contributed by atoms with Gasteiger partial charge in [0.1, 0.15) is 5.75 Å². The Hall–Kier alpha value is -2.54. The quantitative estimate of drug-likeness (QED) is 0.425. The summed E-state index contributed by atoms with van der Waals surface area (Å²) in [6.07, 6.45) is 0.343. The highest BCUT2D eigenvalue weighted by Crippen LogP contribution is 2.20. The summed E-state index contributed by atoms with van der Waals surface area (Å²) in [6, 6.07) is 13.6. The second-order valence-electron chi connectivity index (χ2n) is 6.23. The Morgan fingerprint density at radius 2 is 2.00 bits per heavy atom. The van der Waals surface area contributed by atoms with Crippen molar-refractivity contribution in [3.8, 4) is 5.75 Å². The zero-order chi connectivity index (χ0) is 20.4. The highest BCUT2D eigenvalue weighted by atomic mass is 79.9. The Kier molecular flexibility index (Phi) is 8.81. The van der Waals surface area contributed by atoms with E-state index >= 15 is 0 Å². The lowest BCUT2D eigenvalue weighted by atomic mass is 10.2. The van der Waals surface area contributed by atoms with Crippen molar-refractivity contribution >= 4 is 33.5 Å². The summed E-state index contributed by atoms with van der Waals surface area (Å²) in [5.74, 6) is 1.44. The van der Waals surface area contributed by atoms with Gasteiger partial charge in [0.05, 0.1) is 13.7 Å². The van der Waals surface area contributed by atoms with Gasteiger partial charge in [-0.3, -0.25) is 4.79 Å². The number of carbonyl (C=O) groups excluding carboxylic acids is 1. The molecule has 2 aromatic carbocycles. The van der Waals surface area contributed by atoms with Gasteiger partial charge in [0.2, 0.25) is 5.91 Å². The van der Waals surface area contributed by atoms with E-state index in [9.17, 15) is 4.79 Å². The van der Waals surface area contributed by atoms with Gasteiger partial charge in [0.15, 0.2) is 5.96 Å². The third kappa shape index (κ3) is 7.23. The molecule has 0 fully saturated rings. The average Bonchev–Trinajstić information content (AvgIpc) is 2.69. The summed E-state index contributed by atoms with van der Waals surface area (Å²) < 4.78 is 6.17. The predicted molar refractivity (Wildman–Crippen MR) is 118 cm³/mol. The van der Waals surface area contributed by atoms with Gasteiger partial charge >= 0.3 is 0 Å². The summed E-state index contributed by atoms with van der Waals surface area (Å²) in [5, 5.41) is 9.34. The van der Waals surface area contributed by atoms with Crippen molar-refractivity contribution in [1.82, 2.24) is 10.6 Å². The van der Waals surface area contributed by atoms with Gasteiger partial charge in [-0.25, -0.2) is 4.99 Å². The molecule has 6 nitrogen and oxygen atoms in total. The number of guanidine groups is 1. The number of hydrogen-bond acceptors (Lipinski definition) is 3. The zero-order valence-electron chi connectivity index (χ0n) is 16.5.